The molecule has 1 atom stereocenters. The molecule has 0 radical (unpaired) electrons. The first-order valence-electron chi connectivity index (χ1n) is 29.7. The van der Waals surface area contributed by atoms with E-state index in [9.17, 15) is 14.4 Å². The van der Waals surface area contributed by atoms with Crippen molar-refractivity contribution >= 4 is 17.9 Å². The molecule has 0 aliphatic carbocycles. The third-order valence-electron chi connectivity index (χ3n) is 12.6. The molecule has 0 bridgehead atoms. The van der Waals surface area contributed by atoms with Gasteiger partial charge in [0.25, 0.3) is 0 Å². The van der Waals surface area contributed by atoms with E-state index in [1.54, 1.807) is 0 Å². The van der Waals surface area contributed by atoms with Crippen molar-refractivity contribution in [2.24, 2.45) is 0 Å². The van der Waals surface area contributed by atoms with Gasteiger partial charge in [0.05, 0.1) is 0 Å². The van der Waals surface area contributed by atoms with Crippen LogP contribution >= 0.6 is 0 Å². The van der Waals surface area contributed by atoms with E-state index in [0.29, 0.717) is 19.3 Å². The minimum atomic E-state index is -0.802. The van der Waals surface area contributed by atoms with Gasteiger partial charge in [-0.15, -0.1) is 0 Å². The first-order chi connectivity index (χ1) is 35.0. The topological polar surface area (TPSA) is 78.9 Å². The number of hydrogen-bond donors (Lipinski definition) is 0. The van der Waals surface area contributed by atoms with Crippen molar-refractivity contribution in [1.82, 2.24) is 0 Å². The van der Waals surface area contributed by atoms with Crippen molar-refractivity contribution in [3.8, 4) is 0 Å². The lowest BCUT2D eigenvalue weighted by atomic mass is 10.1. The fraction of sp³-hybridized carbons (Fsp3) is 0.708. The second-order valence-corrected chi connectivity index (χ2v) is 19.5. The van der Waals surface area contributed by atoms with Gasteiger partial charge in [-0.3, -0.25) is 14.4 Å². The Hall–Kier alpha value is -3.67. The van der Waals surface area contributed by atoms with Crippen LogP contribution in [-0.2, 0) is 28.6 Å². The van der Waals surface area contributed by atoms with Crippen LogP contribution in [0.25, 0.3) is 0 Å². The van der Waals surface area contributed by atoms with Crippen LogP contribution in [-0.4, -0.2) is 37.2 Å². The average Bonchev–Trinajstić information content (AvgIpc) is 3.37. The summed E-state index contributed by atoms with van der Waals surface area (Å²) in [6.45, 7) is 6.38. The van der Waals surface area contributed by atoms with Crippen molar-refractivity contribution in [2.75, 3.05) is 13.2 Å². The van der Waals surface area contributed by atoms with E-state index in [1.165, 1.54) is 128 Å². The van der Waals surface area contributed by atoms with Crippen LogP contribution in [0.15, 0.2) is 97.2 Å². The number of carbonyl (C=O) groups is 3. The fourth-order valence-corrected chi connectivity index (χ4v) is 8.15. The molecule has 0 saturated carbocycles. The Labute approximate surface area is 438 Å². The quantitative estimate of drug-likeness (QED) is 0.0261. The van der Waals surface area contributed by atoms with Gasteiger partial charge in [-0.1, -0.05) is 240 Å². The highest BCUT2D eigenvalue weighted by atomic mass is 16.6. The van der Waals surface area contributed by atoms with Crippen molar-refractivity contribution in [3.05, 3.63) is 97.2 Å². The third kappa shape index (κ3) is 57.1. The molecule has 406 valence electrons. The summed E-state index contributed by atoms with van der Waals surface area (Å²) < 4.78 is 16.8. The van der Waals surface area contributed by atoms with E-state index >= 15 is 0 Å². The summed E-state index contributed by atoms with van der Waals surface area (Å²) in [5.41, 5.74) is 0. The molecule has 0 N–H and O–H groups in total. The number of allylic oxidation sites excluding steroid dienone is 16. The van der Waals surface area contributed by atoms with Gasteiger partial charge in [0.1, 0.15) is 13.2 Å². The smallest absolute Gasteiger partial charge is 0.306 e. The van der Waals surface area contributed by atoms with E-state index in [0.717, 1.165) is 109 Å². The Morgan fingerprint density at radius 1 is 0.296 bits per heavy atom. The predicted octanol–water partition coefficient (Wildman–Crippen LogP) is 20.1. The molecule has 0 aromatic carbocycles. The number of carbonyl (C=O) groups excluding carboxylic acids is 3. The molecule has 1 unspecified atom stereocenters. The molecule has 0 aliphatic heterocycles. The molecule has 71 heavy (non-hydrogen) atoms. The third-order valence-corrected chi connectivity index (χ3v) is 12.6. The highest BCUT2D eigenvalue weighted by molar-refractivity contribution is 5.71. The van der Waals surface area contributed by atoms with Crippen LogP contribution in [0, 0.1) is 0 Å². The summed E-state index contributed by atoms with van der Waals surface area (Å²) in [6.07, 6.45) is 78.3. The summed E-state index contributed by atoms with van der Waals surface area (Å²) in [6, 6.07) is 0. The summed E-state index contributed by atoms with van der Waals surface area (Å²) >= 11 is 0. The molecule has 0 aliphatic rings. The van der Waals surface area contributed by atoms with E-state index in [2.05, 4.69) is 118 Å². The van der Waals surface area contributed by atoms with Crippen LogP contribution in [0.1, 0.15) is 278 Å². The Morgan fingerprint density at radius 3 is 0.901 bits per heavy atom. The second kappa shape index (κ2) is 58.9. The van der Waals surface area contributed by atoms with Crippen LogP contribution < -0.4 is 0 Å². The van der Waals surface area contributed by atoms with Crippen molar-refractivity contribution in [3.63, 3.8) is 0 Å². The van der Waals surface area contributed by atoms with Crippen LogP contribution in [0.5, 0.6) is 0 Å². The lowest BCUT2D eigenvalue weighted by Gasteiger charge is -2.18. The second-order valence-electron chi connectivity index (χ2n) is 19.5. The molecule has 0 amide bonds. The van der Waals surface area contributed by atoms with Gasteiger partial charge in [0, 0.05) is 19.3 Å². The minimum absolute atomic E-state index is 0.0960. The Bertz CT molecular complexity index is 1410. The lowest BCUT2D eigenvalue weighted by Crippen LogP contribution is -2.30. The normalized spacial score (nSPS) is 12.8. The fourth-order valence-electron chi connectivity index (χ4n) is 8.15. The summed E-state index contributed by atoms with van der Waals surface area (Å²) in [5.74, 6) is -0.946. The molecule has 0 aromatic heterocycles. The average molecular weight is 988 g/mol. The zero-order chi connectivity index (χ0) is 51.4. The molecule has 0 heterocycles. The van der Waals surface area contributed by atoms with Gasteiger partial charge in [-0.25, -0.2) is 0 Å². The standard InChI is InChI=1S/C65H110O6/c1-4-7-10-13-16-19-22-25-28-30-31-32-33-35-37-40-43-46-49-52-55-58-64(67)70-61-62(60-69-63(66)57-54-51-48-45-42-39-36-27-24-21-18-15-12-9-6-3)71-65(68)59-56-53-50-47-44-41-38-34-29-26-23-20-17-14-11-8-5-2/h8-9,11-12,17-18,20-21,26-27,29-31,36,42,45,62H,4-7,10,13-16,19,22-25,28,32-35,37-41,43-44,46-61H2,1-3H3/b11-8-,12-9-,20-17-,21-18-,29-26-,31-30-,36-27-,45-42-. The van der Waals surface area contributed by atoms with Gasteiger partial charge in [0.2, 0.25) is 0 Å². The monoisotopic (exact) mass is 987 g/mol. The van der Waals surface area contributed by atoms with Crippen LogP contribution in [0.4, 0.5) is 0 Å². The number of unbranched alkanes of at least 4 members (excludes halogenated alkanes) is 26. The molecule has 6 nitrogen and oxygen atoms in total. The minimum Gasteiger partial charge on any atom is -0.462 e. The highest BCUT2D eigenvalue weighted by Crippen LogP contribution is 2.15. The number of rotatable bonds is 53. The van der Waals surface area contributed by atoms with Crippen molar-refractivity contribution in [1.29, 1.82) is 0 Å². The molecule has 0 fully saturated rings. The maximum absolute atomic E-state index is 12.9. The van der Waals surface area contributed by atoms with Crippen LogP contribution in [0.2, 0.25) is 0 Å². The Kier molecular flexibility index (Phi) is 55.9. The number of esters is 3. The SMILES string of the molecule is CC/C=C\C/C=C\C/C=C\C/C=C\CCCCC(=O)OCC(COC(=O)CCCCCCCCCCC/C=C\CCCCCCCCCC)OC(=O)CCCCCCCCC/C=C\C/C=C\C/C=C\CC. The maximum atomic E-state index is 12.9. The first kappa shape index (κ1) is 67.3. The van der Waals surface area contributed by atoms with Gasteiger partial charge in [0.15, 0.2) is 6.10 Å². The van der Waals surface area contributed by atoms with Gasteiger partial charge in [-0.05, 0) is 116 Å². The largest absolute Gasteiger partial charge is 0.462 e. The number of ether oxygens (including phenoxy) is 3. The molecular weight excluding hydrogens is 877 g/mol. The molecular formula is C65H110O6. The number of hydrogen-bond acceptors (Lipinski definition) is 6. The molecule has 0 rings (SSSR count). The zero-order valence-electron chi connectivity index (χ0n) is 46.5. The lowest BCUT2D eigenvalue weighted by molar-refractivity contribution is -0.167. The van der Waals surface area contributed by atoms with Crippen molar-refractivity contribution < 1.29 is 28.6 Å². The molecule has 0 aromatic rings. The first-order valence-corrected chi connectivity index (χ1v) is 29.7. The maximum Gasteiger partial charge on any atom is 0.306 e. The van der Waals surface area contributed by atoms with E-state index in [4.69, 9.17) is 14.2 Å². The van der Waals surface area contributed by atoms with Gasteiger partial charge < -0.3 is 14.2 Å². The Balaban J connectivity index is 4.42. The van der Waals surface area contributed by atoms with Gasteiger partial charge >= 0.3 is 17.9 Å². The van der Waals surface area contributed by atoms with Crippen molar-refractivity contribution in [2.45, 2.75) is 284 Å². The molecule has 0 spiro atoms. The van der Waals surface area contributed by atoms with Gasteiger partial charge in [-0.2, -0.15) is 0 Å². The van der Waals surface area contributed by atoms with Crippen LogP contribution in [0.3, 0.4) is 0 Å². The van der Waals surface area contributed by atoms with E-state index < -0.39 is 6.10 Å². The highest BCUT2D eigenvalue weighted by Gasteiger charge is 2.19. The zero-order valence-corrected chi connectivity index (χ0v) is 46.5. The van der Waals surface area contributed by atoms with E-state index in [1.807, 2.05) is 0 Å². The van der Waals surface area contributed by atoms with E-state index in [-0.39, 0.29) is 31.1 Å². The molecule has 0 saturated heterocycles. The summed E-state index contributed by atoms with van der Waals surface area (Å²) in [4.78, 5) is 38.2. The predicted molar refractivity (Wildman–Crippen MR) is 307 cm³/mol. The summed E-state index contributed by atoms with van der Waals surface area (Å²) in [7, 11) is 0. The molecule has 6 heteroatoms. The Morgan fingerprint density at radius 2 is 0.549 bits per heavy atom. The summed E-state index contributed by atoms with van der Waals surface area (Å²) in [5, 5.41) is 0.